The second kappa shape index (κ2) is 5.59. The van der Waals surface area contributed by atoms with E-state index in [1.54, 1.807) is 23.1 Å². The summed E-state index contributed by atoms with van der Waals surface area (Å²) in [6.07, 6.45) is -0.349. The van der Waals surface area contributed by atoms with E-state index in [1.807, 2.05) is 6.92 Å². The van der Waals surface area contributed by atoms with Crippen LogP contribution in [0.3, 0.4) is 0 Å². The number of carbonyl (C=O) groups excluding carboxylic acids is 1. The number of carbonyl (C=O) groups is 1. The third-order valence-corrected chi connectivity index (χ3v) is 9.04. The van der Waals surface area contributed by atoms with Crippen LogP contribution in [-0.4, -0.2) is 27.1 Å². The van der Waals surface area contributed by atoms with Crippen LogP contribution < -0.4 is 15.4 Å². The predicted octanol–water partition coefficient (Wildman–Crippen LogP) is 3.36. The van der Waals surface area contributed by atoms with E-state index in [0.29, 0.717) is 17.1 Å². The first-order valence-corrected chi connectivity index (χ1v) is 10.5. The molecule has 1 unspecified atom stereocenters. The van der Waals surface area contributed by atoms with Crippen molar-refractivity contribution in [3.63, 3.8) is 0 Å². The van der Waals surface area contributed by atoms with Gasteiger partial charge in [0.2, 0.25) is 0 Å². The first kappa shape index (κ1) is 16.8. The number of fused-ring (bicyclic) bond motifs is 1. The predicted molar refractivity (Wildman–Crippen MR) is 91.6 cm³/mol. The molecule has 0 aliphatic carbocycles. The van der Waals surface area contributed by atoms with Gasteiger partial charge in [-0.1, -0.05) is 20.8 Å². The van der Waals surface area contributed by atoms with Crippen molar-refractivity contribution in [3.05, 3.63) is 18.2 Å². The van der Waals surface area contributed by atoms with Gasteiger partial charge in [0.05, 0.1) is 5.69 Å². The molecule has 0 saturated heterocycles. The average molecular weight is 322 g/mol. The Morgan fingerprint density at radius 1 is 1.36 bits per heavy atom. The number of nitrogens with zero attached hydrogens (tertiary/aromatic N) is 1. The average Bonchev–Trinajstić information content (AvgIpc) is 2.36. The molecule has 0 spiro atoms. The first-order chi connectivity index (χ1) is 10.0. The van der Waals surface area contributed by atoms with Gasteiger partial charge in [-0.15, -0.1) is 0 Å². The summed E-state index contributed by atoms with van der Waals surface area (Å²) >= 11 is 0. The minimum absolute atomic E-state index is 0.0299. The Labute approximate surface area is 133 Å². The lowest BCUT2D eigenvalue weighted by Gasteiger charge is -2.42. The van der Waals surface area contributed by atoms with Crippen molar-refractivity contribution in [3.8, 4) is 5.75 Å². The van der Waals surface area contributed by atoms with Gasteiger partial charge in [-0.3, -0.25) is 9.69 Å². The summed E-state index contributed by atoms with van der Waals surface area (Å²) in [4.78, 5) is 14.0. The highest BCUT2D eigenvalue weighted by atomic mass is 28.4. The molecule has 0 fully saturated rings. The quantitative estimate of drug-likeness (QED) is 0.684. The Balaban J connectivity index is 2.32. The van der Waals surface area contributed by atoms with E-state index in [0.717, 1.165) is 0 Å². The van der Waals surface area contributed by atoms with Crippen molar-refractivity contribution in [2.45, 2.75) is 52.1 Å². The number of rotatable bonds is 3. The van der Waals surface area contributed by atoms with Gasteiger partial charge >= 0.3 is 0 Å². The smallest absolute Gasteiger partial charge is 0.267 e. The van der Waals surface area contributed by atoms with Crippen LogP contribution in [0.4, 0.5) is 11.4 Å². The van der Waals surface area contributed by atoms with E-state index in [9.17, 15) is 4.79 Å². The number of anilines is 2. The summed E-state index contributed by atoms with van der Waals surface area (Å²) in [5.74, 6) is 0.559. The molecule has 1 amide bonds. The van der Waals surface area contributed by atoms with Gasteiger partial charge in [-0.25, -0.2) is 0 Å². The molecule has 1 atom stereocenters. The summed E-state index contributed by atoms with van der Waals surface area (Å²) < 4.78 is 11.8. The monoisotopic (exact) mass is 322 g/mol. The molecular weight excluding hydrogens is 296 g/mol. The van der Waals surface area contributed by atoms with Gasteiger partial charge in [0.25, 0.3) is 5.91 Å². The minimum Gasteiger partial charge on any atom is -0.482 e. The highest BCUT2D eigenvalue weighted by molar-refractivity contribution is 6.74. The third-order valence-electron chi connectivity index (χ3n) is 4.50. The highest BCUT2D eigenvalue weighted by Crippen LogP contribution is 2.40. The maximum Gasteiger partial charge on any atom is 0.267 e. The van der Waals surface area contributed by atoms with Crippen molar-refractivity contribution >= 4 is 25.6 Å². The normalized spacial score (nSPS) is 17.0. The molecule has 0 radical (unpaired) electrons. The Morgan fingerprint density at radius 3 is 2.59 bits per heavy atom. The van der Waals surface area contributed by atoms with Gasteiger partial charge in [0.15, 0.2) is 14.9 Å². The van der Waals surface area contributed by atoms with E-state index in [1.165, 1.54) is 0 Å². The van der Waals surface area contributed by atoms with Crippen LogP contribution in [-0.2, 0) is 9.22 Å². The maximum atomic E-state index is 12.3. The first-order valence-electron chi connectivity index (χ1n) is 7.55. The van der Waals surface area contributed by atoms with Crippen LogP contribution in [0.15, 0.2) is 18.2 Å². The fraction of sp³-hybridized carbons (Fsp3) is 0.562. The van der Waals surface area contributed by atoms with Crippen molar-refractivity contribution in [1.29, 1.82) is 0 Å². The van der Waals surface area contributed by atoms with Crippen LogP contribution in [0.2, 0.25) is 18.1 Å². The maximum absolute atomic E-state index is 12.3. The molecule has 1 aliphatic rings. The van der Waals surface area contributed by atoms with Crippen molar-refractivity contribution < 1.29 is 14.0 Å². The molecular formula is C16H26N2O3Si. The topological polar surface area (TPSA) is 64.8 Å². The minimum atomic E-state index is -1.98. The fourth-order valence-electron chi connectivity index (χ4n) is 2.24. The summed E-state index contributed by atoms with van der Waals surface area (Å²) in [6.45, 7) is 12.8. The molecule has 0 aromatic heterocycles. The number of hydrogen-bond donors (Lipinski definition) is 1. The Hall–Kier alpha value is -1.53. The number of ether oxygens (including phenoxy) is 1. The molecule has 122 valence electrons. The van der Waals surface area contributed by atoms with Crippen molar-refractivity contribution in [2.75, 3.05) is 17.2 Å². The van der Waals surface area contributed by atoms with Gasteiger partial charge in [-0.2, -0.15) is 0 Å². The van der Waals surface area contributed by atoms with Gasteiger partial charge in [-0.05, 0) is 43.3 Å². The Bertz CT molecular complexity index is 581. The number of benzene rings is 1. The number of nitrogen functional groups attached to an aromatic ring is 1. The van der Waals surface area contributed by atoms with Crippen LogP contribution in [0.5, 0.6) is 5.75 Å². The standard InChI is InChI=1S/C16H26N2O3Si/c1-11(21-22(5,6)16(2,3)4)18-13-9-12(17)7-8-14(13)20-10-15(18)19/h7-9,11H,10,17H2,1-6H3. The van der Waals surface area contributed by atoms with Gasteiger partial charge in [0, 0.05) is 5.69 Å². The molecule has 5 nitrogen and oxygen atoms in total. The molecule has 0 saturated carbocycles. The van der Waals surface area contributed by atoms with Crippen LogP contribution in [0.25, 0.3) is 0 Å². The summed E-state index contributed by atoms with van der Waals surface area (Å²) in [5, 5.41) is 0.0785. The van der Waals surface area contributed by atoms with E-state index in [2.05, 4.69) is 33.9 Å². The largest absolute Gasteiger partial charge is 0.482 e. The molecule has 1 aromatic carbocycles. The lowest BCUT2D eigenvalue weighted by molar-refractivity contribution is -0.123. The van der Waals surface area contributed by atoms with E-state index in [-0.39, 0.29) is 23.8 Å². The van der Waals surface area contributed by atoms with Crippen LogP contribution in [0, 0.1) is 0 Å². The molecule has 22 heavy (non-hydrogen) atoms. The van der Waals surface area contributed by atoms with Crippen LogP contribution >= 0.6 is 0 Å². The van der Waals surface area contributed by atoms with E-state index < -0.39 is 8.32 Å². The third kappa shape index (κ3) is 3.12. The Morgan fingerprint density at radius 2 is 2.00 bits per heavy atom. The molecule has 1 aromatic rings. The van der Waals surface area contributed by atoms with Gasteiger partial charge < -0.3 is 14.9 Å². The lowest BCUT2D eigenvalue weighted by atomic mass is 10.2. The zero-order chi connectivity index (χ0) is 16.7. The second-order valence-electron chi connectivity index (χ2n) is 7.26. The summed E-state index contributed by atoms with van der Waals surface area (Å²) in [7, 11) is -1.98. The van der Waals surface area contributed by atoms with Gasteiger partial charge in [0.1, 0.15) is 12.0 Å². The number of hydrogen-bond acceptors (Lipinski definition) is 4. The SMILES string of the molecule is CC(O[Si](C)(C)C(C)(C)C)N1C(=O)COc2ccc(N)cc21. The highest BCUT2D eigenvalue weighted by Gasteiger charge is 2.41. The van der Waals surface area contributed by atoms with E-state index in [4.69, 9.17) is 14.9 Å². The number of nitrogens with two attached hydrogens (primary N) is 1. The van der Waals surface area contributed by atoms with Crippen LogP contribution in [0.1, 0.15) is 27.7 Å². The number of amides is 1. The molecule has 6 heteroatoms. The molecule has 2 N–H and O–H groups in total. The zero-order valence-corrected chi connectivity index (χ0v) is 15.3. The zero-order valence-electron chi connectivity index (χ0n) is 14.3. The Kier molecular flexibility index (Phi) is 4.28. The molecule has 1 heterocycles. The molecule has 1 aliphatic heterocycles. The molecule has 2 rings (SSSR count). The lowest BCUT2D eigenvalue weighted by Crippen LogP contribution is -2.52. The second-order valence-corrected chi connectivity index (χ2v) is 12.0. The summed E-state index contributed by atoms with van der Waals surface area (Å²) in [5.41, 5.74) is 7.14. The molecule has 0 bridgehead atoms. The van der Waals surface area contributed by atoms with Crippen molar-refractivity contribution in [1.82, 2.24) is 0 Å². The van der Waals surface area contributed by atoms with E-state index >= 15 is 0 Å². The fourth-order valence-corrected chi connectivity index (χ4v) is 3.55. The summed E-state index contributed by atoms with van der Waals surface area (Å²) in [6, 6.07) is 5.33. The van der Waals surface area contributed by atoms with Crippen molar-refractivity contribution in [2.24, 2.45) is 0 Å².